The molecular weight excluding hydrogens is 276 g/mol. The van der Waals surface area contributed by atoms with Crippen molar-refractivity contribution in [1.29, 1.82) is 0 Å². The van der Waals surface area contributed by atoms with Crippen LogP contribution in [0.1, 0.15) is 12.8 Å². The van der Waals surface area contributed by atoms with Crippen LogP contribution in [0.5, 0.6) is 5.75 Å². The van der Waals surface area contributed by atoms with E-state index in [-0.39, 0.29) is 6.03 Å². The Morgan fingerprint density at radius 1 is 1.29 bits per heavy atom. The number of carboxylic acids is 1. The Hall–Kier alpha value is -2.28. The first kappa shape index (κ1) is 16.8. The van der Waals surface area contributed by atoms with Crippen LogP contribution in [-0.4, -0.2) is 44.0 Å². The average Bonchev–Trinajstić information content (AvgIpc) is 2.45. The fraction of sp³-hybridized carbons (Fsp3) is 0.429. The van der Waals surface area contributed by atoms with Crippen LogP contribution < -0.4 is 15.4 Å². The second-order valence-corrected chi connectivity index (χ2v) is 4.29. The molecule has 7 heteroatoms. The Balaban J connectivity index is 2.34. The molecule has 0 unspecified atom stereocenters. The maximum Gasteiger partial charge on any atom is 0.341 e. The lowest BCUT2D eigenvalue weighted by molar-refractivity contribution is -0.139. The summed E-state index contributed by atoms with van der Waals surface area (Å²) in [6, 6.07) is 6.23. The topological polar surface area (TPSA) is 96.9 Å². The van der Waals surface area contributed by atoms with Crippen LogP contribution in [0, 0.1) is 0 Å². The Kier molecular flexibility index (Phi) is 7.67. The third-order valence-corrected chi connectivity index (χ3v) is 2.52. The average molecular weight is 296 g/mol. The second-order valence-electron chi connectivity index (χ2n) is 4.29. The van der Waals surface area contributed by atoms with Crippen LogP contribution in [0.2, 0.25) is 0 Å². The molecule has 116 valence electrons. The van der Waals surface area contributed by atoms with Gasteiger partial charge in [-0.25, -0.2) is 9.59 Å². The van der Waals surface area contributed by atoms with Gasteiger partial charge in [0.25, 0.3) is 0 Å². The van der Waals surface area contributed by atoms with Crippen LogP contribution in [0.4, 0.5) is 10.5 Å². The molecule has 3 N–H and O–H groups in total. The van der Waals surface area contributed by atoms with Crippen LogP contribution in [0.25, 0.3) is 0 Å². The zero-order chi connectivity index (χ0) is 15.5. The number of carbonyl (C=O) groups is 2. The van der Waals surface area contributed by atoms with Crippen molar-refractivity contribution in [2.45, 2.75) is 12.8 Å². The highest BCUT2D eigenvalue weighted by Gasteiger charge is 2.03. The molecule has 0 aliphatic heterocycles. The lowest BCUT2D eigenvalue weighted by Gasteiger charge is -2.09. The molecule has 0 radical (unpaired) electrons. The molecule has 1 aromatic carbocycles. The largest absolute Gasteiger partial charge is 0.482 e. The standard InChI is InChI=1S/C14H20N2O5/c1-20-8-3-2-7-15-14(19)16-11-5-4-6-12(9-11)21-10-13(17)18/h4-6,9H,2-3,7-8,10H2,1H3,(H,17,18)(H2,15,16,19). The van der Waals surface area contributed by atoms with E-state index < -0.39 is 12.6 Å². The number of aliphatic carboxylic acids is 1. The summed E-state index contributed by atoms with van der Waals surface area (Å²) in [5.41, 5.74) is 0.535. The first-order valence-electron chi connectivity index (χ1n) is 6.60. The summed E-state index contributed by atoms with van der Waals surface area (Å²) in [6.45, 7) is 0.811. The van der Waals surface area contributed by atoms with Gasteiger partial charge in [0.05, 0.1) is 0 Å². The number of amides is 2. The maximum absolute atomic E-state index is 11.6. The molecule has 21 heavy (non-hydrogen) atoms. The van der Waals surface area contributed by atoms with Crippen molar-refractivity contribution < 1.29 is 24.2 Å². The monoisotopic (exact) mass is 296 g/mol. The number of methoxy groups -OCH3 is 1. The van der Waals surface area contributed by atoms with Crippen molar-refractivity contribution in [3.05, 3.63) is 24.3 Å². The van der Waals surface area contributed by atoms with Crippen molar-refractivity contribution in [2.75, 3.05) is 32.2 Å². The number of nitrogens with one attached hydrogen (secondary N) is 2. The molecule has 0 heterocycles. The summed E-state index contributed by atoms with van der Waals surface area (Å²) < 4.78 is 9.94. The molecule has 0 aliphatic carbocycles. The van der Waals surface area contributed by atoms with Crippen molar-refractivity contribution in [2.24, 2.45) is 0 Å². The van der Waals surface area contributed by atoms with Crippen LogP contribution in [-0.2, 0) is 9.53 Å². The highest BCUT2D eigenvalue weighted by atomic mass is 16.5. The minimum atomic E-state index is -1.05. The van der Waals surface area contributed by atoms with Crippen molar-refractivity contribution in [3.8, 4) is 5.75 Å². The molecule has 2 amide bonds. The summed E-state index contributed by atoms with van der Waals surface area (Å²) in [6.07, 6.45) is 1.72. The van der Waals surface area contributed by atoms with Gasteiger partial charge in [-0.2, -0.15) is 0 Å². The number of rotatable bonds is 9. The Morgan fingerprint density at radius 3 is 2.81 bits per heavy atom. The van der Waals surface area contributed by atoms with Crippen molar-refractivity contribution in [3.63, 3.8) is 0 Å². The van der Waals surface area contributed by atoms with E-state index in [1.54, 1.807) is 31.4 Å². The van der Waals surface area contributed by atoms with E-state index in [1.165, 1.54) is 0 Å². The van der Waals surface area contributed by atoms with Gasteiger partial charge in [-0.05, 0) is 25.0 Å². The minimum absolute atomic E-state index is 0.317. The third kappa shape index (κ3) is 7.78. The fourth-order valence-electron chi connectivity index (χ4n) is 1.56. The smallest absolute Gasteiger partial charge is 0.341 e. The van der Waals surface area contributed by atoms with Gasteiger partial charge in [-0.1, -0.05) is 6.07 Å². The maximum atomic E-state index is 11.6. The Labute approximate surface area is 123 Å². The molecule has 1 aromatic rings. The van der Waals surface area contributed by atoms with Crippen molar-refractivity contribution >= 4 is 17.7 Å². The molecule has 0 saturated heterocycles. The molecule has 0 fully saturated rings. The quantitative estimate of drug-likeness (QED) is 0.603. The molecule has 0 atom stereocenters. The predicted molar refractivity (Wildman–Crippen MR) is 77.7 cm³/mol. The van der Waals surface area contributed by atoms with Gasteiger partial charge in [0, 0.05) is 32.0 Å². The number of unbranched alkanes of at least 4 members (excludes halogenated alkanes) is 1. The van der Waals surface area contributed by atoms with E-state index in [2.05, 4.69) is 10.6 Å². The first-order chi connectivity index (χ1) is 10.1. The van der Waals surface area contributed by atoms with Gasteiger partial charge in [-0.15, -0.1) is 0 Å². The highest BCUT2D eigenvalue weighted by Crippen LogP contribution is 2.17. The molecule has 0 spiro atoms. The summed E-state index contributed by atoms with van der Waals surface area (Å²) in [5, 5.41) is 13.9. The fourth-order valence-corrected chi connectivity index (χ4v) is 1.56. The zero-order valence-electron chi connectivity index (χ0n) is 11.9. The van der Waals surface area contributed by atoms with Gasteiger partial charge in [0.2, 0.25) is 0 Å². The predicted octanol–water partition coefficient (Wildman–Crippen LogP) is 1.70. The molecule has 1 rings (SSSR count). The Bertz CT molecular complexity index is 464. The Morgan fingerprint density at radius 2 is 2.10 bits per heavy atom. The minimum Gasteiger partial charge on any atom is -0.482 e. The van der Waals surface area contributed by atoms with E-state index in [4.69, 9.17) is 14.6 Å². The van der Waals surface area contributed by atoms with E-state index in [1.807, 2.05) is 0 Å². The number of hydrogen-bond donors (Lipinski definition) is 3. The number of urea groups is 1. The number of carboxylic acid groups (broad SMARTS) is 1. The molecular formula is C14H20N2O5. The van der Waals surface area contributed by atoms with Crippen LogP contribution in [0.3, 0.4) is 0 Å². The lowest BCUT2D eigenvalue weighted by Crippen LogP contribution is -2.29. The number of ether oxygens (including phenoxy) is 2. The molecule has 0 aliphatic rings. The normalized spacial score (nSPS) is 9.95. The van der Waals surface area contributed by atoms with E-state index in [0.29, 0.717) is 24.6 Å². The number of hydrogen-bond acceptors (Lipinski definition) is 4. The van der Waals surface area contributed by atoms with E-state index in [0.717, 1.165) is 12.8 Å². The lowest BCUT2D eigenvalue weighted by atomic mass is 10.3. The van der Waals surface area contributed by atoms with Gasteiger partial charge in [0.1, 0.15) is 5.75 Å². The summed E-state index contributed by atoms with van der Waals surface area (Å²) >= 11 is 0. The zero-order valence-corrected chi connectivity index (χ0v) is 11.9. The summed E-state index contributed by atoms with van der Waals surface area (Å²) in [5.74, 6) is -0.669. The number of benzene rings is 1. The highest BCUT2D eigenvalue weighted by molar-refractivity contribution is 5.89. The molecule has 0 bridgehead atoms. The van der Waals surface area contributed by atoms with Crippen LogP contribution in [0.15, 0.2) is 24.3 Å². The third-order valence-electron chi connectivity index (χ3n) is 2.52. The van der Waals surface area contributed by atoms with Crippen molar-refractivity contribution in [1.82, 2.24) is 5.32 Å². The van der Waals surface area contributed by atoms with E-state index >= 15 is 0 Å². The summed E-state index contributed by atoms with van der Waals surface area (Å²) in [4.78, 5) is 22.0. The van der Waals surface area contributed by atoms with Gasteiger partial charge in [0.15, 0.2) is 6.61 Å². The second kappa shape index (κ2) is 9.60. The summed E-state index contributed by atoms with van der Waals surface area (Å²) in [7, 11) is 1.64. The van der Waals surface area contributed by atoms with Gasteiger partial charge in [-0.3, -0.25) is 0 Å². The molecule has 7 nitrogen and oxygen atoms in total. The van der Waals surface area contributed by atoms with E-state index in [9.17, 15) is 9.59 Å². The number of carbonyl (C=O) groups excluding carboxylic acids is 1. The van der Waals surface area contributed by atoms with Crippen LogP contribution >= 0.6 is 0 Å². The number of anilines is 1. The van der Waals surface area contributed by atoms with Gasteiger partial charge >= 0.3 is 12.0 Å². The first-order valence-corrected chi connectivity index (χ1v) is 6.60. The molecule has 0 saturated carbocycles. The van der Waals surface area contributed by atoms with Gasteiger partial charge < -0.3 is 25.2 Å². The molecule has 0 aromatic heterocycles. The SMILES string of the molecule is COCCCCNC(=O)Nc1cccc(OCC(=O)O)c1.